The van der Waals surface area contributed by atoms with Crippen molar-refractivity contribution >= 4 is 17.7 Å². The lowest BCUT2D eigenvalue weighted by atomic mass is 9.68. The molecule has 0 aliphatic carbocycles. The van der Waals surface area contributed by atoms with Crippen LogP contribution in [0, 0.1) is 0 Å². The van der Waals surface area contributed by atoms with E-state index in [9.17, 15) is 19.5 Å². The highest BCUT2D eigenvalue weighted by atomic mass is 16.4. The molecule has 0 heterocycles. The third-order valence-corrected chi connectivity index (χ3v) is 7.26. The molecule has 0 saturated heterocycles. The molecule has 0 saturated carbocycles. The molecule has 0 unspecified atom stereocenters. The maximum atomic E-state index is 14.5. The van der Waals surface area contributed by atoms with E-state index < -0.39 is 23.3 Å². The van der Waals surface area contributed by atoms with Gasteiger partial charge >= 0.3 is 5.97 Å². The zero-order valence-corrected chi connectivity index (χ0v) is 22.3. The summed E-state index contributed by atoms with van der Waals surface area (Å²) in [4.78, 5) is 39.7. The predicted octanol–water partition coefficient (Wildman–Crippen LogP) is 6.06. The van der Waals surface area contributed by atoms with Gasteiger partial charge in [-0.3, -0.25) is 9.59 Å². The Bertz CT molecular complexity index is 1520. The van der Waals surface area contributed by atoms with Crippen molar-refractivity contribution in [2.45, 2.75) is 17.9 Å². The standard InChI is InChI=1S/C36H29NO4/c38-33(27-13-5-1-6-14-27)28-23-21-26(22-24-28)25-32(34(39)40)37-35(41)36(29-15-7-2-8-16-29,30-17-9-3-10-18-30)31-19-11-4-12-20-31/h1-24,32H,25H2,(H,37,41)(H,39,40)/t32-/m0/s1. The van der Waals surface area contributed by atoms with Crippen molar-refractivity contribution < 1.29 is 19.5 Å². The fourth-order valence-electron chi connectivity index (χ4n) is 5.21. The number of carbonyl (C=O) groups excluding carboxylic acids is 2. The topological polar surface area (TPSA) is 83.5 Å². The summed E-state index contributed by atoms with van der Waals surface area (Å²) < 4.78 is 0. The van der Waals surface area contributed by atoms with Gasteiger partial charge in [0.05, 0.1) is 0 Å². The van der Waals surface area contributed by atoms with E-state index in [1.165, 1.54) is 0 Å². The zero-order chi connectivity index (χ0) is 28.7. The van der Waals surface area contributed by atoms with Crippen LogP contribution in [0.15, 0.2) is 146 Å². The van der Waals surface area contributed by atoms with Crippen molar-refractivity contribution in [3.05, 3.63) is 179 Å². The average Bonchev–Trinajstić information content (AvgIpc) is 3.03. The Kier molecular flexibility index (Phi) is 8.16. The lowest BCUT2D eigenvalue weighted by Crippen LogP contribution is -2.52. The van der Waals surface area contributed by atoms with Crippen LogP contribution in [0.3, 0.4) is 0 Å². The Hall–Kier alpha value is -5.29. The molecule has 5 nitrogen and oxygen atoms in total. The number of carboxylic acids is 1. The monoisotopic (exact) mass is 539 g/mol. The van der Waals surface area contributed by atoms with Crippen LogP contribution >= 0.6 is 0 Å². The quantitative estimate of drug-likeness (QED) is 0.167. The van der Waals surface area contributed by atoms with E-state index in [4.69, 9.17) is 0 Å². The van der Waals surface area contributed by atoms with Gasteiger partial charge in [-0.25, -0.2) is 4.79 Å². The number of amides is 1. The highest BCUT2D eigenvalue weighted by Crippen LogP contribution is 2.39. The number of rotatable bonds is 10. The van der Waals surface area contributed by atoms with Crippen LogP contribution in [0.25, 0.3) is 0 Å². The van der Waals surface area contributed by atoms with Gasteiger partial charge in [-0.15, -0.1) is 0 Å². The molecule has 0 aliphatic heterocycles. The molecule has 5 rings (SSSR count). The number of nitrogens with one attached hydrogen (secondary N) is 1. The number of hydrogen-bond donors (Lipinski definition) is 2. The van der Waals surface area contributed by atoms with E-state index >= 15 is 0 Å². The minimum atomic E-state index is -1.29. The van der Waals surface area contributed by atoms with Gasteiger partial charge in [0.1, 0.15) is 11.5 Å². The highest BCUT2D eigenvalue weighted by molar-refractivity contribution is 6.09. The third kappa shape index (κ3) is 5.70. The first-order valence-corrected chi connectivity index (χ1v) is 13.4. The summed E-state index contributed by atoms with van der Waals surface area (Å²) in [7, 11) is 0. The molecule has 41 heavy (non-hydrogen) atoms. The molecule has 2 N–H and O–H groups in total. The molecule has 1 amide bonds. The minimum Gasteiger partial charge on any atom is -0.480 e. The number of carbonyl (C=O) groups is 3. The molecule has 5 aromatic rings. The number of benzene rings is 5. The number of aliphatic carboxylic acids is 1. The lowest BCUT2D eigenvalue weighted by molar-refractivity contribution is -0.142. The van der Waals surface area contributed by atoms with Gasteiger partial charge in [-0.05, 0) is 22.3 Å². The Balaban J connectivity index is 1.48. The maximum Gasteiger partial charge on any atom is 0.326 e. The summed E-state index contributed by atoms with van der Waals surface area (Å²) >= 11 is 0. The molecule has 0 aliphatic rings. The Morgan fingerprint density at radius 2 is 0.951 bits per heavy atom. The smallest absolute Gasteiger partial charge is 0.326 e. The number of carboxylic acid groups (broad SMARTS) is 1. The number of hydrogen-bond acceptors (Lipinski definition) is 3. The Labute approximate surface area is 239 Å². The largest absolute Gasteiger partial charge is 0.480 e. The van der Waals surface area contributed by atoms with Gasteiger partial charge in [0.2, 0.25) is 5.91 Å². The van der Waals surface area contributed by atoms with Crippen molar-refractivity contribution in [2.24, 2.45) is 0 Å². The summed E-state index contributed by atoms with van der Waals surface area (Å²) in [5, 5.41) is 13.0. The molecule has 0 fully saturated rings. The van der Waals surface area contributed by atoms with Crippen LogP contribution in [0.1, 0.15) is 38.2 Å². The normalized spacial score (nSPS) is 11.8. The van der Waals surface area contributed by atoms with Crippen molar-refractivity contribution in [1.82, 2.24) is 5.32 Å². The first-order valence-electron chi connectivity index (χ1n) is 13.4. The lowest BCUT2D eigenvalue weighted by Gasteiger charge is -2.35. The van der Waals surface area contributed by atoms with Crippen molar-refractivity contribution in [2.75, 3.05) is 0 Å². The van der Waals surface area contributed by atoms with E-state index in [2.05, 4.69) is 5.32 Å². The third-order valence-electron chi connectivity index (χ3n) is 7.26. The van der Waals surface area contributed by atoms with Crippen LogP contribution in [0.4, 0.5) is 0 Å². The minimum absolute atomic E-state index is 0.0509. The summed E-state index contributed by atoms with van der Waals surface area (Å²) in [5.41, 5.74) is 2.66. The summed E-state index contributed by atoms with van der Waals surface area (Å²) in [6.07, 6.45) is 0.0509. The second-order valence-electron chi connectivity index (χ2n) is 9.81. The highest BCUT2D eigenvalue weighted by Gasteiger charge is 2.45. The van der Waals surface area contributed by atoms with Gasteiger partial charge in [0, 0.05) is 17.5 Å². The molecule has 5 heteroatoms. The molecular weight excluding hydrogens is 510 g/mol. The van der Waals surface area contributed by atoms with Gasteiger partial charge < -0.3 is 10.4 Å². The fraction of sp³-hybridized carbons (Fsp3) is 0.0833. The SMILES string of the molecule is O=C(c1ccccc1)c1ccc(C[C@H](NC(=O)C(c2ccccc2)(c2ccccc2)c2ccccc2)C(=O)O)cc1. The van der Waals surface area contributed by atoms with Crippen molar-refractivity contribution in [1.29, 1.82) is 0 Å². The Morgan fingerprint density at radius 3 is 1.37 bits per heavy atom. The second-order valence-corrected chi connectivity index (χ2v) is 9.81. The molecule has 0 spiro atoms. The van der Waals surface area contributed by atoms with E-state index in [-0.39, 0.29) is 12.2 Å². The van der Waals surface area contributed by atoms with Crippen LogP contribution in [-0.2, 0) is 21.4 Å². The first kappa shape index (κ1) is 27.3. The molecule has 5 aromatic carbocycles. The van der Waals surface area contributed by atoms with Gasteiger partial charge in [0.15, 0.2) is 5.78 Å². The van der Waals surface area contributed by atoms with Crippen molar-refractivity contribution in [3.8, 4) is 0 Å². The molecule has 202 valence electrons. The second kappa shape index (κ2) is 12.3. The first-order chi connectivity index (χ1) is 20.0. The van der Waals surface area contributed by atoms with E-state index in [0.29, 0.717) is 16.7 Å². The maximum absolute atomic E-state index is 14.5. The summed E-state index contributed by atoms with van der Waals surface area (Å²) in [6, 6.07) is 42.8. The molecule has 0 aromatic heterocycles. The molecule has 0 radical (unpaired) electrons. The van der Waals surface area contributed by atoms with Gasteiger partial charge in [-0.2, -0.15) is 0 Å². The van der Waals surface area contributed by atoms with Gasteiger partial charge in [0.25, 0.3) is 0 Å². The molecule has 1 atom stereocenters. The summed E-state index contributed by atoms with van der Waals surface area (Å²) in [6.45, 7) is 0. The zero-order valence-electron chi connectivity index (χ0n) is 22.3. The average molecular weight is 540 g/mol. The summed E-state index contributed by atoms with van der Waals surface area (Å²) in [5.74, 6) is -1.70. The van der Waals surface area contributed by atoms with Crippen molar-refractivity contribution in [3.63, 3.8) is 0 Å². The molecular formula is C36H29NO4. The molecule has 0 bridgehead atoms. The number of ketones is 1. The van der Waals surface area contributed by atoms with Crippen LogP contribution < -0.4 is 5.32 Å². The van der Waals surface area contributed by atoms with Crippen LogP contribution in [0.5, 0.6) is 0 Å². The van der Waals surface area contributed by atoms with E-state index in [1.807, 2.05) is 109 Å². The predicted molar refractivity (Wildman–Crippen MR) is 159 cm³/mol. The van der Waals surface area contributed by atoms with E-state index in [0.717, 1.165) is 16.7 Å². The van der Waals surface area contributed by atoms with Crippen LogP contribution in [-0.4, -0.2) is 28.8 Å². The Morgan fingerprint density at radius 1 is 0.561 bits per heavy atom. The van der Waals surface area contributed by atoms with E-state index in [1.54, 1.807) is 36.4 Å². The van der Waals surface area contributed by atoms with Crippen LogP contribution in [0.2, 0.25) is 0 Å². The van der Waals surface area contributed by atoms with Gasteiger partial charge in [-0.1, -0.05) is 146 Å². The fourth-order valence-corrected chi connectivity index (χ4v) is 5.21.